The first-order chi connectivity index (χ1) is 8.45. The van der Waals surface area contributed by atoms with Gasteiger partial charge in [0.05, 0.1) is 6.54 Å². The monoisotopic (exact) mass is 254 g/mol. The third kappa shape index (κ3) is 3.51. The summed E-state index contributed by atoms with van der Waals surface area (Å²) >= 11 is 0. The number of aromatic carboxylic acids is 1. The van der Waals surface area contributed by atoms with Crippen molar-refractivity contribution in [1.29, 1.82) is 0 Å². The van der Waals surface area contributed by atoms with Crippen LogP contribution in [-0.4, -0.2) is 35.1 Å². The summed E-state index contributed by atoms with van der Waals surface area (Å²) in [7, 11) is 1.72. The summed E-state index contributed by atoms with van der Waals surface area (Å²) < 4.78 is 5.03. The van der Waals surface area contributed by atoms with Gasteiger partial charge in [0.15, 0.2) is 0 Å². The van der Waals surface area contributed by atoms with Gasteiger partial charge in [0, 0.05) is 13.1 Å². The minimum absolute atomic E-state index is 0.130. The highest BCUT2D eigenvalue weighted by Gasteiger charge is 2.14. The van der Waals surface area contributed by atoms with Crippen LogP contribution in [0.2, 0.25) is 0 Å². The maximum Gasteiger partial charge on any atom is 0.371 e. The first-order valence-electron chi connectivity index (χ1n) is 5.78. The molecule has 100 valence electrons. The molecule has 1 atom stereocenters. The lowest BCUT2D eigenvalue weighted by Gasteiger charge is -2.23. The third-order valence-corrected chi connectivity index (χ3v) is 2.86. The molecule has 6 heteroatoms. The highest BCUT2D eigenvalue weighted by molar-refractivity contribution is 5.84. The molecule has 0 fully saturated rings. The molecule has 1 heterocycles. The molecule has 0 aliphatic rings. The van der Waals surface area contributed by atoms with E-state index in [0.717, 1.165) is 6.42 Å². The lowest BCUT2D eigenvalue weighted by atomic mass is 10.2. The third-order valence-electron chi connectivity index (χ3n) is 2.86. The molecule has 0 aliphatic carbocycles. The normalized spacial score (nSPS) is 11.9. The average Bonchev–Trinajstić information content (AvgIpc) is 2.82. The van der Waals surface area contributed by atoms with E-state index in [1.165, 1.54) is 12.1 Å². The van der Waals surface area contributed by atoms with Crippen LogP contribution in [0.4, 0.5) is 4.79 Å². The maximum atomic E-state index is 11.7. The van der Waals surface area contributed by atoms with Gasteiger partial charge in [-0.25, -0.2) is 9.59 Å². The number of nitrogens with one attached hydrogen (secondary N) is 1. The van der Waals surface area contributed by atoms with Crippen molar-refractivity contribution in [3.8, 4) is 0 Å². The predicted molar refractivity (Wildman–Crippen MR) is 65.4 cm³/mol. The Morgan fingerprint density at radius 2 is 2.17 bits per heavy atom. The minimum atomic E-state index is -1.12. The van der Waals surface area contributed by atoms with Crippen LogP contribution in [0.3, 0.4) is 0 Å². The largest absolute Gasteiger partial charge is 0.475 e. The van der Waals surface area contributed by atoms with Crippen molar-refractivity contribution in [3.63, 3.8) is 0 Å². The van der Waals surface area contributed by atoms with Crippen molar-refractivity contribution >= 4 is 12.0 Å². The zero-order valence-corrected chi connectivity index (χ0v) is 10.8. The molecule has 18 heavy (non-hydrogen) atoms. The van der Waals surface area contributed by atoms with Crippen LogP contribution in [0, 0.1) is 0 Å². The summed E-state index contributed by atoms with van der Waals surface area (Å²) in [6, 6.07) is 2.84. The lowest BCUT2D eigenvalue weighted by Crippen LogP contribution is -2.41. The van der Waals surface area contributed by atoms with Gasteiger partial charge in [-0.3, -0.25) is 0 Å². The second-order valence-electron chi connectivity index (χ2n) is 4.10. The molecular weight excluding hydrogens is 236 g/mol. The molecule has 6 nitrogen and oxygen atoms in total. The smallest absolute Gasteiger partial charge is 0.371 e. The molecule has 2 N–H and O–H groups in total. The first kappa shape index (κ1) is 14.1. The van der Waals surface area contributed by atoms with E-state index in [4.69, 9.17) is 9.52 Å². The van der Waals surface area contributed by atoms with Gasteiger partial charge in [-0.1, -0.05) is 6.92 Å². The van der Waals surface area contributed by atoms with Crippen LogP contribution >= 0.6 is 0 Å². The van der Waals surface area contributed by atoms with Crippen molar-refractivity contribution in [2.75, 3.05) is 7.05 Å². The number of nitrogens with zero attached hydrogens (tertiary/aromatic N) is 1. The Morgan fingerprint density at radius 3 is 2.67 bits per heavy atom. The number of urea groups is 1. The molecule has 1 rings (SSSR count). The SMILES string of the molecule is CCC(C)N(C)C(=O)NCc1ccc(C(=O)O)o1. The van der Waals surface area contributed by atoms with Gasteiger partial charge in [-0.05, 0) is 25.5 Å². The Hall–Kier alpha value is -1.98. The van der Waals surface area contributed by atoms with Crippen molar-refractivity contribution < 1.29 is 19.1 Å². The molecule has 0 aliphatic heterocycles. The Bertz CT molecular complexity index is 427. The van der Waals surface area contributed by atoms with E-state index in [2.05, 4.69) is 5.32 Å². The van der Waals surface area contributed by atoms with E-state index < -0.39 is 5.97 Å². The zero-order valence-electron chi connectivity index (χ0n) is 10.8. The van der Waals surface area contributed by atoms with Crippen molar-refractivity contribution in [3.05, 3.63) is 23.7 Å². The number of carboxylic acid groups (broad SMARTS) is 1. The average molecular weight is 254 g/mol. The Balaban J connectivity index is 2.49. The Kier molecular flexibility index (Phi) is 4.76. The van der Waals surface area contributed by atoms with E-state index in [9.17, 15) is 9.59 Å². The maximum absolute atomic E-state index is 11.7. The van der Waals surface area contributed by atoms with Crippen LogP contribution in [0.25, 0.3) is 0 Å². The topological polar surface area (TPSA) is 82.8 Å². The van der Waals surface area contributed by atoms with Gasteiger partial charge in [-0.2, -0.15) is 0 Å². The van der Waals surface area contributed by atoms with E-state index in [-0.39, 0.29) is 24.4 Å². The molecule has 0 saturated heterocycles. The number of hydrogen-bond acceptors (Lipinski definition) is 3. The predicted octanol–water partition coefficient (Wildman–Crippen LogP) is 1.92. The number of hydrogen-bond donors (Lipinski definition) is 2. The van der Waals surface area contributed by atoms with Gasteiger partial charge in [0.25, 0.3) is 0 Å². The summed E-state index contributed by atoms with van der Waals surface area (Å²) in [6.07, 6.45) is 0.869. The van der Waals surface area contributed by atoms with Gasteiger partial charge in [-0.15, -0.1) is 0 Å². The molecule has 0 bridgehead atoms. The van der Waals surface area contributed by atoms with E-state index >= 15 is 0 Å². The summed E-state index contributed by atoms with van der Waals surface area (Å²) in [5, 5.41) is 11.3. The van der Waals surface area contributed by atoms with Gasteiger partial charge in [0.1, 0.15) is 5.76 Å². The number of furan rings is 1. The molecule has 2 amide bonds. The van der Waals surface area contributed by atoms with Crippen LogP contribution in [0.15, 0.2) is 16.5 Å². The quantitative estimate of drug-likeness (QED) is 0.840. The van der Waals surface area contributed by atoms with E-state index in [1.807, 2.05) is 13.8 Å². The highest BCUT2D eigenvalue weighted by atomic mass is 16.4. The van der Waals surface area contributed by atoms with E-state index in [0.29, 0.717) is 5.76 Å². The number of carbonyl (C=O) groups excluding carboxylic acids is 1. The zero-order chi connectivity index (χ0) is 13.7. The van der Waals surface area contributed by atoms with Crippen LogP contribution in [0.5, 0.6) is 0 Å². The Morgan fingerprint density at radius 1 is 1.50 bits per heavy atom. The molecular formula is C12H18N2O4. The molecule has 1 aromatic rings. The standard InChI is InChI=1S/C12H18N2O4/c1-4-8(2)14(3)12(17)13-7-9-5-6-10(18-9)11(15)16/h5-6,8H,4,7H2,1-3H3,(H,13,17)(H,15,16). The lowest BCUT2D eigenvalue weighted by molar-refractivity contribution is 0.0660. The number of carbonyl (C=O) groups is 2. The number of amides is 2. The minimum Gasteiger partial charge on any atom is -0.475 e. The highest BCUT2D eigenvalue weighted by Crippen LogP contribution is 2.08. The first-order valence-corrected chi connectivity index (χ1v) is 5.78. The molecule has 0 saturated carbocycles. The number of carboxylic acids is 1. The van der Waals surface area contributed by atoms with Crippen LogP contribution in [0.1, 0.15) is 36.6 Å². The summed E-state index contributed by atoms with van der Waals surface area (Å²) in [5.41, 5.74) is 0. The summed E-state index contributed by atoms with van der Waals surface area (Å²) in [4.78, 5) is 23.9. The van der Waals surface area contributed by atoms with Crippen molar-refractivity contribution in [2.24, 2.45) is 0 Å². The number of rotatable bonds is 5. The fourth-order valence-electron chi connectivity index (χ4n) is 1.35. The van der Waals surface area contributed by atoms with Gasteiger partial charge < -0.3 is 19.7 Å². The molecule has 0 aromatic carbocycles. The molecule has 1 unspecified atom stereocenters. The fourth-order valence-corrected chi connectivity index (χ4v) is 1.35. The molecule has 0 radical (unpaired) electrons. The van der Waals surface area contributed by atoms with Crippen molar-refractivity contribution in [1.82, 2.24) is 10.2 Å². The second kappa shape index (κ2) is 6.09. The van der Waals surface area contributed by atoms with Crippen LogP contribution in [-0.2, 0) is 6.54 Å². The molecule has 1 aromatic heterocycles. The second-order valence-corrected chi connectivity index (χ2v) is 4.10. The van der Waals surface area contributed by atoms with E-state index in [1.54, 1.807) is 11.9 Å². The summed E-state index contributed by atoms with van der Waals surface area (Å²) in [5.74, 6) is -0.836. The van der Waals surface area contributed by atoms with Gasteiger partial charge >= 0.3 is 12.0 Å². The Labute approximate surface area is 106 Å². The molecule has 0 spiro atoms. The summed E-state index contributed by atoms with van der Waals surface area (Å²) in [6.45, 7) is 4.13. The van der Waals surface area contributed by atoms with Gasteiger partial charge in [0.2, 0.25) is 5.76 Å². The van der Waals surface area contributed by atoms with Crippen LogP contribution < -0.4 is 5.32 Å². The van der Waals surface area contributed by atoms with Crippen molar-refractivity contribution in [2.45, 2.75) is 32.9 Å². The fraction of sp³-hybridized carbons (Fsp3) is 0.500.